The van der Waals surface area contributed by atoms with Crippen molar-refractivity contribution in [2.24, 2.45) is 0 Å². The number of esters is 1. The fraction of sp³-hybridized carbons (Fsp3) is 0.238. The van der Waals surface area contributed by atoms with Gasteiger partial charge in [0.1, 0.15) is 17.2 Å². The van der Waals surface area contributed by atoms with Crippen LogP contribution in [0.2, 0.25) is 5.02 Å². The van der Waals surface area contributed by atoms with Crippen LogP contribution in [0, 0.1) is 13.8 Å². The van der Waals surface area contributed by atoms with Crippen molar-refractivity contribution in [2.75, 3.05) is 26.1 Å². The molecule has 1 aromatic heterocycles. The Labute approximate surface area is 172 Å². The Hall–Kier alpha value is -3.19. The standard InChI is InChI=1S/C21H21ClN2O5/c1-11-5-12(2)13-7-17(23-15(13)6-11)21(26)29-10-20(25)24-16-9-18(27-3)14(22)8-19(16)28-4/h5-9,23H,10H2,1-4H3,(H,24,25). The SMILES string of the molecule is COc1cc(NC(=O)COC(=O)c2cc3c(C)cc(C)cc3[nH]2)c(OC)cc1Cl. The van der Waals surface area contributed by atoms with Crippen molar-refractivity contribution in [3.63, 3.8) is 0 Å². The number of anilines is 1. The maximum absolute atomic E-state index is 12.3. The normalized spacial score (nSPS) is 10.7. The third-order valence-corrected chi connectivity index (χ3v) is 4.69. The van der Waals surface area contributed by atoms with Gasteiger partial charge in [-0.05, 0) is 37.1 Å². The average molecular weight is 417 g/mol. The third-order valence-electron chi connectivity index (χ3n) is 4.39. The monoisotopic (exact) mass is 416 g/mol. The van der Waals surface area contributed by atoms with Gasteiger partial charge >= 0.3 is 5.97 Å². The predicted octanol–water partition coefficient (Wildman–Crippen LogP) is 4.25. The summed E-state index contributed by atoms with van der Waals surface area (Å²) < 4.78 is 15.5. The number of benzene rings is 2. The number of hydrogen-bond acceptors (Lipinski definition) is 5. The molecule has 3 aromatic rings. The number of aromatic nitrogens is 1. The molecule has 0 atom stereocenters. The number of H-pyrrole nitrogens is 1. The number of hydrogen-bond donors (Lipinski definition) is 2. The lowest BCUT2D eigenvalue weighted by molar-refractivity contribution is -0.119. The smallest absolute Gasteiger partial charge is 0.355 e. The van der Waals surface area contributed by atoms with Gasteiger partial charge in [-0.1, -0.05) is 17.7 Å². The van der Waals surface area contributed by atoms with Crippen LogP contribution in [0.1, 0.15) is 21.6 Å². The highest BCUT2D eigenvalue weighted by atomic mass is 35.5. The van der Waals surface area contributed by atoms with Crippen LogP contribution >= 0.6 is 11.6 Å². The minimum Gasteiger partial charge on any atom is -0.495 e. The Morgan fingerprint density at radius 1 is 1.03 bits per heavy atom. The molecular weight excluding hydrogens is 396 g/mol. The van der Waals surface area contributed by atoms with Crippen LogP contribution < -0.4 is 14.8 Å². The van der Waals surface area contributed by atoms with E-state index in [0.717, 1.165) is 22.0 Å². The average Bonchev–Trinajstić information content (AvgIpc) is 3.11. The maximum atomic E-state index is 12.3. The molecule has 8 heteroatoms. The molecule has 2 aromatic carbocycles. The molecule has 0 aliphatic heterocycles. The number of ether oxygens (including phenoxy) is 3. The first kappa shape index (κ1) is 20.5. The molecule has 1 heterocycles. The van der Waals surface area contributed by atoms with Gasteiger partial charge in [-0.15, -0.1) is 0 Å². The predicted molar refractivity (Wildman–Crippen MR) is 111 cm³/mol. The molecule has 7 nitrogen and oxygen atoms in total. The van der Waals surface area contributed by atoms with Crippen molar-refractivity contribution in [1.82, 2.24) is 4.98 Å². The highest BCUT2D eigenvalue weighted by Gasteiger charge is 2.16. The second kappa shape index (κ2) is 8.45. The Morgan fingerprint density at radius 3 is 2.45 bits per heavy atom. The van der Waals surface area contributed by atoms with E-state index >= 15 is 0 Å². The molecular formula is C21H21ClN2O5. The zero-order chi connectivity index (χ0) is 21.1. The first-order valence-corrected chi connectivity index (χ1v) is 9.18. The van der Waals surface area contributed by atoms with Crippen LogP contribution in [-0.2, 0) is 9.53 Å². The summed E-state index contributed by atoms with van der Waals surface area (Å²) in [6.07, 6.45) is 0. The lowest BCUT2D eigenvalue weighted by Gasteiger charge is -2.13. The maximum Gasteiger partial charge on any atom is 0.355 e. The largest absolute Gasteiger partial charge is 0.495 e. The van der Waals surface area contributed by atoms with Gasteiger partial charge in [0.15, 0.2) is 6.61 Å². The molecule has 3 rings (SSSR count). The van der Waals surface area contributed by atoms with Crippen LogP contribution in [0.25, 0.3) is 10.9 Å². The van der Waals surface area contributed by atoms with Gasteiger partial charge < -0.3 is 24.5 Å². The fourth-order valence-corrected chi connectivity index (χ4v) is 3.29. The lowest BCUT2D eigenvalue weighted by Crippen LogP contribution is -2.21. The second-order valence-corrected chi connectivity index (χ2v) is 6.94. The molecule has 2 N–H and O–H groups in total. The third kappa shape index (κ3) is 4.46. The summed E-state index contributed by atoms with van der Waals surface area (Å²) in [5, 5.41) is 3.90. The molecule has 0 fully saturated rings. The molecule has 0 radical (unpaired) electrons. The van der Waals surface area contributed by atoms with E-state index in [0.29, 0.717) is 22.2 Å². The molecule has 0 bridgehead atoms. The zero-order valence-electron chi connectivity index (χ0n) is 16.5. The topological polar surface area (TPSA) is 89.6 Å². The van der Waals surface area contributed by atoms with E-state index in [4.69, 9.17) is 25.8 Å². The highest BCUT2D eigenvalue weighted by molar-refractivity contribution is 6.32. The number of carbonyl (C=O) groups excluding carboxylic acids is 2. The van der Waals surface area contributed by atoms with Crippen molar-refractivity contribution < 1.29 is 23.8 Å². The van der Waals surface area contributed by atoms with E-state index in [-0.39, 0.29) is 5.69 Å². The summed E-state index contributed by atoms with van der Waals surface area (Å²) in [6.45, 7) is 3.50. The highest BCUT2D eigenvalue weighted by Crippen LogP contribution is 2.35. The van der Waals surface area contributed by atoms with E-state index in [1.165, 1.54) is 26.4 Å². The van der Waals surface area contributed by atoms with Crippen molar-refractivity contribution >= 4 is 40.1 Å². The molecule has 0 unspecified atom stereocenters. The Balaban J connectivity index is 1.68. The van der Waals surface area contributed by atoms with E-state index in [9.17, 15) is 9.59 Å². The Bertz CT molecular complexity index is 1090. The summed E-state index contributed by atoms with van der Waals surface area (Å²) in [4.78, 5) is 27.6. The number of aryl methyl sites for hydroxylation is 2. The number of methoxy groups -OCH3 is 2. The van der Waals surface area contributed by atoms with E-state index in [1.54, 1.807) is 6.07 Å². The quantitative estimate of drug-likeness (QED) is 0.586. The zero-order valence-corrected chi connectivity index (χ0v) is 17.3. The second-order valence-electron chi connectivity index (χ2n) is 6.54. The molecule has 0 saturated heterocycles. The van der Waals surface area contributed by atoms with E-state index < -0.39 is 18.5 Å². The number of fused-ring (bicyclic) bond motifs is 1. The molecule has 1 amide bonds. The van der Waals surface area contributed by atoms with Crippen LogP contribution in [0.4, 0.5) is 5.69 Å². The molecule has 0 saturated carbocycles. The van der Waals surface area contributed by atoms with E-state index in [2.05, 4.69) is 10.3 Å². The minimum absolute atomic E-state index is 0.284. The summed E-state index contributed by atoms with van der Waals surface area (Å²) in [5.41, 5.74) is 3.62. The van der Waals surface area contributed by atoms with Gasteiger partial charge in [0.2, 0.25) is 0 Å². The number of halogens is 1. The number of amides is 1. The van der Waals surface area contributed by atoms with Crippen molar-refractivity contribution in [1.29, 1.82) is 0 Å². The Morgan fingerprint density at radius 2 is 1.76 bits per heavy atom. The first-order valence-electron chi connectivity index (χ1n) is 8.81. The molecule has 29 heavy (non-hydrogen) atoms. The van der Waals surface area contributed by atoms with Gasteiger partial charge in [0.05, 0.1) is 24.9 Å². The van der Waals surface area contributed by atoms with E-state index in [1.807, 2.05) is 26.0 Å². The molecule has 0 spiro atoms. The number of nitrogens with one attached hydrogen (secondary N) is 2. The van der Waals surface area contributed by atoms with Crippen LogP contribution in [0.15, 0.2) is 30.3 Å². The van der Waals surface area contributed by atoms with Crippen molar-refractivity contribution in [3.8, 4) is 11.5 Å². The van der Waals surface area contributed by atoms with Gasteiger partial charge in [0.25, 0.3) is 5.91 Å². The summed E-state index contributed by atoms with van der Waals surface area (Å²) in [5.74, 6) is -0.404. The summed E-state index contributed by atoms with van der Waals surface area (Å²) in [6, 6.07) is 8.76. The number of carbonyl (C=O) groups is 2. The van der Waals surface area contributed by atoms with Gasteiger partial charge in [0, 0.05) is 23.0 Å². The first-order chi connectivity index (χ1) is 13.8. The minimum atomic E-state index is -0.617. The number of aromatic amines is 1. The van der Waals surface area contributed by atoms with Crippen molar-refractivity contribution in [3.05, 3.63) is 52.2 Å². The fourth-order valence-electron chi connectivity index (χ4n) is 3.06. The van der Waals surface area contributed by atoms with Crippen LogP contribution in [0.3, 0.4) is 0 Å². The Kier molecular flexibility index (Phi) is 5.98. The molecule has 0 aliphatic carbocycles. The molecule has 152 valence electrons. The van der Waals surface area contributed by atoms with Crippen LogP contribution in [-0.4, -0.2) is 37.7 Å². The van der Waals surface area contributed by atoms with Gasteiger partial charge in [-0.3, -0.25) is 4.79 Å². The summed E-state index contributed by atoms with van der Waals surface area (Å²) in [7, 11) is 2.91. The van der Waals surface area contributed by atoms with Crippen LogP contribution in [0.5, 0.6) is 11.5 Å². The number of rotatable bonds is 6. The van der Waals surface area contributed by atoms with Gasteiger partial charge in [-0.2, -0.15) is 0 Å². The molecule has 0 aliphatic rings. The van der Waals surface area contributed by atoms with Gasteiger partial charge in [-0.25, -0.2) is 4.79 Å². The van der Waals surface area contributed by atoms with Crippen molar-refractivity contribution in [2.45, 2.75) is 13.8 Å². The summed E-state index contributed by atoms with van der Waals surface area (Å²) >= 11 is 6.05. The lowest BCUT2D eigenvalue weighted by atomic mass is 10.1.